The molecular weight excluding hydrogens is 454 g/mol. The quantitative estimate of drug-likeness (QED) is 0.502. The van der Waals surface area contributed by atoms with Gasteiger partial charge >= 0.3 is 5.97 Å². The minimum Gasteiger partial charge on any atom is -0.493 e. The summed E-state index contributed by atoms with van der Waals surface area (Å²) >= 11 is 3.38. The largest absolute Gasteiger partial charge is 0.493 e. The molecule has 0 radical (unpaired) electrons. The van der Waals surface area contributed by atoms with E-state index >= 15 is 0 Å². The number of aliphatic carboxylic acids is 1. The van der Waals surface area contributed by atoms with Crippen LogP contribution in [-0.4, -0.2) is 40.7 Å². The summed E-state index contributed by atoms with van der Waals surface area (Å²) in [5.74, 6) is 0.155. The first-order valence-electron chi connectivity index (χ1n) is 9.21. The van der Waals surface area contributed by atoms with Crippen molar-refractivity contribution in [1.82, 2.24) is 9.66 Å². The molecule has 0 atom stereocenters. The van der Waals surface area contributed by atoms with E-state index in [4.69, 9.17) is 14.6 Å². The maximum Gasteiger partial charge on any atom is 0.341 e. The van der Waals surface area contributed by atoms with Crippen molar-refractivity contribution >= 4 is 39.0 Å². The van der Waals surface area contributed by atoms with Crippen molar-refractivity contribution in [3.63, 3.8) is 0 Å². The van der Waals surface area contributed by atoms with Crippen LogP contribution in [0, 0.1) is 0 Å². The average molecular weight is 474 g/mol. The van der Waals surface area contributed by atoms with E-state index in [-0.39, 0.29) is 5.56 Å². The molecule has 0 aliphatic rings. The van der Waals surface area contributed by atoms with Crippen molar-refractivity contribution in [2.45, 2.75) is 19.8 Å². The number of aryl methyl sites for hydroxylation is 1. The lowest BCUT2D eigenvalue weighted by Crippen LogP contribution is -2.22. The van der Waals surface area contributed by atoms with Crippen LogP contribution in [-0.2, 0) is 11.2 Å². The zero-order valence-electron chi connectivity index (χ0n) is 16.5. The molecular formula is C21H20BrN3O5. The zero-order chi connectivity index (χ0) is 21.7. The predicted molar refractivity (Wildman–Crippen MR) is 117 cm³/mol. The Bertz CT molecular complexity index is 1170. The number of carbonyl (C=O) groups is 1. The summed E-state index contributed by atoms with van der Waals surface area (Å²) in [4.78, 5) is 28.3. The SMILES string of the molecule is CCCc1nc2ccc(Br)cc2c(=O)n1N=Cc1ccc(OCC(=O)O)c(OC)c1. The number of nitrogens with zero attached hydrogens (tertiary/aromatic N) is 3. The predicted octanol–water partition coefficient (Wildman–Crippen LogP) is 3.47. The molecule has 0 saturated heterocycles. The zero-order valence-corrected chi connectivity index (χ0v) is 18.0. The van der Waals surface area contributed by atoms with E-state index < -0.39 is 12.6 Å². The molecule has 0 aliphatic carbocycles. The van der Waals surface area contributed by atoms with Crippen LogP contribution in [0.25, 0.3) is 10.9 Å². The fourth-order valence-electron chi connectivity index (χ4n) is 2.85. The normalized spacial score (nSPS) is 11.2. The molecule has 3 rings (SSSR count). The topological polar surface area (TPSA) is 103 Å². The number of fused-ring (bicyclic) bond motifs is 1. The fourth-order valence-corrected chi connectivity index (χ4v) is 3.21. The van der Waals surface area contributed by atoms with Crippen LogP contribution in [0.4, 0.5) is 0 Å². The van der Waals surface area contributed by atoms with Gasteiger partial charge in [-0.05, 0) is 48.4 Å². The van der Waals surface area contributed by atoms with Crippen LogP contribution < -0.4 is 15.0 Å². The fraction of sp³-hybridized carbons (Fsp3) is 0.238. The molecule has 0 bridgehead atoms. The van der Waals surface area contributed by atoms with Gasteiger partial charge in [-0.25, -0.2) is 9.78 Å². The number of hydrogen-bond donors (Lipinski definition) is 1. The molecule has 0 amide bonds. The van der Waals surface area contributed by atoms with Crippen molar-refractivity contribution in [3.8, 4) is 11.5 Å². The van der Waals surface area contributed by atoms with Crippen molar-refractivity contribution in [2.75, 3.05) is 13.7 Å². The van der Waals surface area contributed by atoms with E-state index in [0.717, 1.165) is 10.9 Å². The van der Waals surface area contributed by atoms with E-state index in [1.165, 1.54) is 18.0 Å². The molecule has 156 valence electrons. The molecule has 8 nitrogen and oxygen atoms in total. The number of carboxylic acid groups (broad SMARTS) is 1. The van der Waals surface area contributed by atoms with Gasteiger partial charge in [-0.15, -0.1) is 0 Å². The highest BCUT2D eigenvalue weighted by atomic mass is 79.9. The van der Waals surface area contributed by atoms with Gasteiger partial charge in [-0.3, -0.25) is 4.79 Å². The Kier molecular flexibility index (Phi) is 6.83. The van der Waals surface area contributed by atoms with Crippen LogP contribution in [0.3, 0.4) is 0 Å². The maximum atomic E-state index is 13.0. The molecule has 1 heterocycles. The lowest BCUT2D eigenvalue weighted by molar-refractivity contribution is -0.139. The highest BCUT2D eigenvalue weighted by Crippen LogP contribution is 2.27. The second kappa shape index (κ2) is 9.53. The Hall–Kier alpha value is -3.20. The van der Waals surface area contributed by atoms with Crippen LogP contribution in [0.5, 0.6) is 11.5 Å². The molecule has 3 aromatic rings. The molecule has 0 saturated carbocycles. The van der Waals surface area contributed by atoms with Gasteiger partial charge in [-0.1, -0.05) is 22.9 Å². The van der Waals surface area contributed by atoms with Crippen molar-refractivity contribution < 1.29 is 19.4 Å². The lowest BCUT2D eigenvalue weighted by Gasteiger charge is -2.10. The molecule has 1 aromatic heterocycles. The highest BCUT2D eigenvalue weighted by molar-refractivity contribution is 9.10. The maximum absolute atomic E-state index is 13.0. The monoisotopic (exact) mass is 473 g/mol. The van der Waals surface area contributed by atoms with E-state index in [0.29, 0.717) is 40.2 Å². The Morgan fingerprint density at radius 1 is 1.27 bits per heavy atom. The minimum absolute atomic E-state index is 0.255. The molecule has 0 spiro atoms. The lowest BCUT2D eigenvalue weighted by atomic mass is 10.2. The van der Waals surface area contributed by atoms with Gasteiger partial charge in [0.1, 0.15) is 5.82 Å². The van der Waals surface area contributed by atoms with Gasteiger partial charge in [0.2, 0.25) is 0 Å². The van der Waals surface area contributed by atoms with Crippen LogP contribution >= 0.6 is 15.9 Å². The van der Waals surface area contributed by atoms with Crippen molar-refractivity contribution in [2.24, 2.45) is 5.10 Å². The van der Waals surface area contributed by atoms with Crippen LogP contribution in [0.2, 0.25) is 0 Å². The number of methoxy groups -OCH3 is 1. The van der Waals surface area contributed by atoms with Gasteiger partial charge in [0.25, 0.3) is 5.56 Å². The van der Waals surface area contributed by atoms with E-state index in [2.05, 4.69) is 26.0 Å². The Morgan fingerprint density at radius 2 is 2.07 bits per heavy atom. The summed E-state index contributed by atoms with van der Waals surface area (Å²) < 4.78 is 12.6. The van der Waals surface area contributed by atoms with Crippen molar-refractivity contribution in [3.05, 3.63) is 62.6 Å². The molecule has 9 heteroatoms. The van der Waals surface area contributed by atoms with Gasteiger partial charge < -0.3 is 14.6 Å². The standard InChI is InChI=1S/C21H20BrN3O5/c1-3-4-19-24-16-7-6-14(22)10-15(16)21(28)25(19)23-11-13-5-8-17(18(9-13)29-2)30-12-20(26)27/h5-11H,3-4,12H2,1-2H3,(H,26,27). The summed E-state index contributed by atoms with van der Waals surface area (Å²) in [5.41, 5.74) is 1.02. The summed E-state index contributed by atoms with van der Waals surface area (Å²) in [6.07, 6.45) is 2.94. The van der Waals surface area contributed by atoms with E-state index in [9.17, 15) is 9.59 Å². The number of halogens is 1. The number of aromatic nitrogens is 2. The first-order chi connectivity index (χ1) is 14.4. The number of ether oxygens (including phenoxy) is 2. The summed E-state index contributed by atoms with van der Waals surface area (Å²) in [6.45, 7) is 1.53. The third-order valence-corrected chi connectivity index (χ3v) is 4.70. The molecule has 1 N–H and O–H groups in total. The first-order valence-corrected chi connectivity index (χ1v) is 10.0. The average Bonchev–Trinajstić information content (AvgIpc) is 2.73. The molecule has 2 aromatic carbocycles. The van der Waals surface area contributed by atoms with Gasteiger partial charge in [0.15, 0.2) is 18.1 Å². The number of benzene rings is 2. The second-order valence-electron chi connectivity index (χ2n) is 6.39. The van der Waals surface area contributed by atoms with Crippen LogP contribution in [0.1, 0.15) is 24.7 Å². The Balaban J connectivity index is 2.00. The van der Waals surface area contributed by atoms with E-state index in [1.807, 2.05) is 13.0 Å². The summed E-state index contributed by atoms with van der Waals surface area (Å²) in [6, 6.07) is 10.3. The summed E-state index contributed by atoms with van der Waals surface area (Å²) in [5, 5.41) is 13.6. The molecule has 0 unspecified atom stereocenters. The smallest absolute Gasteiger partial charge is 0.341 e. The third kappa shape index (κ3) is 4.85. The minimum atomic E-state index is -1.08. The second-order valence-corrected chi connectivity index (χ2v) is 7.31. The number of rotatable bonds is 8. The summed E-state index contributed by atoms with van der Waals surface area (Å²) in [7, 11) is 1.46. The molecule has 0 aliphatic heterocycles. The van der Waals surface area contributed by atoms with Gasteiger partial charge in [0, 0.05) is 10.9 Å². The van der Waals surface area contributed by atoms with Gasteiger partial charge in [0.05, 0.1) is 24.2 Å². The Morgan fingerprint density at radius 3 is 2.77 bits per heavy atom. The highest BCUT2D eigenvalue weighted by Gasteiger charge is 2.11. The van der Waals surface area contributed by atoms with Crippen LogP contribution in [0.15, 0.2) is 50.8 Å². The first kappa shape index (κ1) is 21.5. The molecule has 30 heavy (non-hydrogen) atoms. The Labute approximate surface area is 180 Å². The third-order valence-electron chi connectivity index (χ3n) is 4.21. The number of carboxylic acids is 1. The van der Waals surface area contributed by atoms with E-state index in [1.54, 1.807) is 30.3 Å². The van der Waals surface area contributed by atoms with Crippen molar-refractivity contribution in [1.29, 1.82) is 0 Å². The number of hydrogen-bond acceptors (Lipinski definition) is 6. The van der Waals surface area contributed by atoms with Gasteiger partial charge in [-0.2, -0.15) is 9.78 Å². The molecule has 0 fully saturated rings.